The molecule has 1 heterocycles. The van der Waals surface area contributed by atoms with Crippen molar-refractivity contribution in [1.29, 1.82) is 5.26 Å². The Kier molecular flexibility index (Phi) is 4.83. The maximum Gasteiger partial charge on any atom is 0.0654 e. The van der Waals surface area contributed by atoms with Crippen molar-refractivity contribution in [2.24, 2.45) is 5.92 Å². The van der Waals surface area contributed by atoms with Crippen molar-refractivity contribution in [3.8, 4) is 6.07 Å². The number of nitriles is 1. The second-order valence-electron chi connectivity index (χ2n) is 6.28. The lowest BCUT2D eigenvalue weighted by Crippen LogP contribution is -2.38. The van der Waals surface area contributed by atoms with E-state index in [-0.39, 0.29) is 5.60 Å². The number of hydrogen-bond acceptors (Lipinski definition) is 2. The normalized spacial score (nSPS) is 27.8. The van der Waals surface area contributed by atoms with Gasteiger partial charge in [-0.25, -0.2) is 0 Å². The maximum absolute atomic E-state index is 9.19. The van der Waals surface area contributed by atoms with Crippen LogP contribution in [-0.2, 0) is 4.74 Å². The summed E-state index contributed by atoms with van der Waals surface area (Å²) in [5, 5.41) is 9.19. The summed E-state index contributed by atoms with van der Waals surface area (Å²) in [6.45, 7) is 7.32. The number of ether oxygens (including phenoxy) is 1. The molecule has 1 aromatic carbocycles. The highest BCUT2D eigenvalue weighted by Gasteiger charge is 2.35. The smallest absolute Gasteiger partial charge is 0.0654 e. The Morgan fingerprint density at radius 2 is 2.10 bits per heavy atom. The molecule has 0 saturated carbocycles. The topological polar surface area (TPSA) is 33.0 Å². The molecule has 0 bridgehead atoms. The minimum atomic E-state index is -0.0126. The Hall–Kier alpha value is -1.33. The molecule has 1 fully saturated rings. The van der Waals surface area contributed by atoms with Gasteiger partial charge in [-0.1, -0.05) is 36.8 Å². The van der Waals surface area contributed by atoms with E-state index in [1.807, 2.05) is 0 Å². The van der Waals surface area contributed by atoms with Gasteiger partial charge in [0.05, 0.1) is 11.7 Å². The molecule has 2 heteroatoms. The van der Waals surface area contributed by atoms with Crippen LogP contribution in [0.3, 0.4) is 0 Å². The molecule has 1 aliphatic rings. The lowest BCUT2D eigenvalue weighted by Gasteiger charge is -2.40. The van der Waals surface area contributed by atoms with E-state index in [1.165, 1.54) is 11.1 Å². The highest BCUT2D eigenvalue weighted by atomic mass is 16.5. The first-order valence-electron chi connectivity index (χ1n) is 7.65. The van der Waals surface area contributed by atoms with Crippen molar-refractivity contribution < 1.29 is 4.74 Å². The largest absolute Gasteiger partial charge is 0.375 e. The van der Waals surface area contributed by atoms with E-state index in [4.69, 9.17) is 4.74 Å². The first kappa shape index (κ1) is 15.1. The van der Waals surface area contributed by atoms with Crippen LogP contribution in [0.4, 0.5) is 0 Å². The van der Waals surface area contributed by atoms with Gasteiger partial charge in [0, 0.05) is 13.0 Å². The molecule has 0 aromatic heterocycles. The third-order valence-corrected chi connectivity index (χ3v) is 4.77. The zero-order valence-corrected chi connectivity index (χ0v) is 12.9. The van der Waals surface area contributed by atoms with Crippen molar-refractivity contribution in [3.05, 3.63) is 35.4 Å². The highest BCUT2D eigenvalue weighted by molar-refractivity contribution is 5.26. The maximum atomic E-state index is 9.19. The predicted molar refractivity (Wildman–Crippen MR) is 81.5 cm³/mol. The minimum Gasteiger partial charge on any atom is -0.375 e. The van der Waals surface area contributed by atoms with Crippen LogP contribution in [0.2, 0.25) is 0 Å². The molecule has 0 aliphatic carbocycles. The Morgan fingerprint density at radius 1 is 1.40 bits per heavy atom. The molecule has 20 heavy (non-hydrogen) atoms. The van der Waals surface area contributed by atoms with Crippen molar-refractivity contribution in [1.82, 2.24) is 0 Å². The molecule has 0 unspecified atom stereocenters. The van der Waals surface area contributed by atoms with E-state index >= 15 is 0 Å². The quantitative estimate of drug-likeness (QED) is 0.802. The van der Waals surface area contributed by atoms with E-state index in [9.17, 15) is 5.26 Å². The van der Waals surface area contributed by atoms with Gasteiger partial charge < -0.3 is 4.74 Å². The second kappa shape index (κ2) is 6.41. The lowest BCUT2D eigenvalue weighted by atomic mass is 9.74. The van der Waals surface area contributed by atoms with Crippen LogP contribution in [0.5, 0.6) is 0 Å². The number of aryl methyl sites for hydroxylation is 1. The van der Waals surface area contributed by atoms with Gasteiger partial charge in [0.25, 0.3) is 0 Å². The predicted octanol–water partition coefficient (Wildman–Crippen LogP) is 4.59. The molecule has 1 aromatic rings. The van der Waals surface area contributed by atoms with Crippen LogP contribution in [0.15, 0.2) is 24.3 Å². The molecule has 108 valence electrons. The molecule has 0 spiro atoms. The van der Waals surface area contributed by atoms with Gasteiger partial charge in [0.1, 0.15) is 0 Å². The van der Waals surface area contributed by atoms with E-state index in [0.29, 0.717) is 18.3 Å². The Balaban J connectivity index is 2.20. The lowest BCUT2D eigenvalue weighted by molar-refractivity contribution is -0.0909. The number of rotatable bonds is 4. The van der Waals surface area contributed by atoms with Gasteiger partial charge >= 0.3 is 0 Å². The molecular formula is C18H25NO. The van der Waals surface area contributed by atoms with Crippen molar-refractivity contribution in [2.75, 3.05) is 6.61 Å². The minimum absolute atomic E-state index is 0.0126. The van der Waals surface area contributed by atoms with Crippen molar-refractivity contribution in [2.45, 2.75) is 58.0 Å². The van der Waals surface area contributed by atoms with E-state index < -0.39 is 0 Å². The average Bonchev–Trinajstić information content (AvgIpc) is 2.46. The Morgan fingerprint density at radius 3 is 2.70 bits per heavy atom. The number of benzene rings is 1. The van der Waals surface area contributed by atoms with Crippen LogP contribution in [0.1, 0.15) is 56.6 Å². The van der Waals surface area contributed by atoms with E-state index in [0.717, 1.165) is 25.9 Å². The van der Waals surface area contributed by atoms with Crippen LogP contribution in [0.25, 0.3) is 0 Å². The fourth-order valence-electron chi connectivity index (χ4n) is 3.23. The molecular weight excluding hydrogens is 246 g/mol. The van der Waals surface area contributed by atoms with Gasteiger partial charge in [-0.05, 0) is 50.5 Å². The third kappa shape index (κ3) is 3.41. The first-order valence-corrected chi connectivity index (χ1v) is 7.65. The fourth-order valence-corrected chi connectivity index (χ4v) is 3.23. The summed E-state index contributed by atoms with van der Waals surface area (Å²) in [6.07, 6.45) is 3.77. The van der Waals surface area contributed by atoms with Crippen LogP contribution >= 0.6 is 0 Å². The Bertz CT molecular complexity index is 473. The fraction of sp³-hybridized carbons (Fsp3) is 0.611. The summed E-state index contributed by atoms with van der Waals surface area (Å²) in [5.41, 5.74) is 2.57. The summed E-state index contributed by atoms with van der Waals surface area (Å²) in [4.78, 5) is 0. The van der Waals surface area contributed by atoms with Crippen molar-refractivity contribution >= 4 is 0 Å². The second-order valence-corrected chi connectivity index (χ2v) is 6.28. The molecule has 2 nitrogen and oxygen atoms in total. The van der Waals surface area contributed by atoms with Gasteiger partial charge in [0.2, 0.25) is 0 Å². The van der Waals surface area contributed by atoms with Crippen LogP contribution < -0.4 is 0 Å². The average molecular weight is 271 g/mol. The van der Waals surface area contributed by atoms with Crippen molar-refractivity contribution in [3.63, 3.8) is 0 Å². The standard InChI is InChI=1S/C18H25NO/c1-4-18(3)13-16(10-12-20-18)17(9-11-19)15-7-5-14(2)6-8-15/h5-8,16-17H,4,9-10,12-13H2,1-3H3/t16-,17+,18-/m1/s1. The zero-order chi connectivity index (χ0) is 14.6. The number of nitrogens with zero attached hydrogens (tertiary/aromatic N) is 1. The third-order valence-electron chi connectivity index (χ3n) is 4.77. The summed E-state index contributed by atoms with van der Waals surface area (Å²) >= 11 is 0. The summed E-state index contributed by atoms with van der Waals surface area (Å²) in [6, 6.07) is 11.1. The molecule has 0 N–H and O–H groups in total. The molecule has 2 rings (SSSR count). The molecule has 0 radical (unpaired) electrons. The monoisotopic (exact) mass is 271 g/mol. The van der Waals surface area contributed by atoms with Gasteiger partial charge in [0.15, 0.2) is 0 Å². The van der Waals surface area contributed by atoms with Gasteiger partial charge in [-0.2, -0.15) is 5.26 Å². The zero-order valence-electron chi connectivity index (χ0n) is 12.9. The highest BCUT2D eigenvalue weighted by Crippen LogP contribution is 2.41. The van der Waals surface area contributed by atoms with E-state index in [1.54, 1.807) is 0 Å². The number of hydrogen-bond donors (Lipinski definition) is 0. The molecule has 1 aliphatic heterocycles. The SMILES string of the molecule is CC[C@]1(C)C[C@H]([C@@H](CC#N)c2ccc(C)cc2)CCO1. The summed E-state index contributed by atoms with van der Waals surface area (Å²) in [7, 11) is 0. The van der Waals surface area contributed by atoms with Crippen LogP contribution in [-0.4, -0.2) is 12.2 Å². The van der Waals surface area contributed by atoms with E-state index in [2.05, 4.69) is 51.1 Å². The summed E-state index contributed by atoms with van der Waals surface area (Å²) in [5.74, 6) is 0.895. The van der Waals surface area contributed by atoms with Gasteiger partial charge in [-0.15, -0.1) is 0 Å². The summed E-state index contributed by atoms with van der Waals surface area (Å²) < 4.78 is 5.95. The Labute approximate surface area is 122 Å². The molecule has 0 amide bonds. The molecule has 3 atom stereocenters. The van der Waals surface area contributed by atoms with Gasteiger partial charge in [-0.3, -0.25) is 0 Å². The van der Waals surface area contributed by atoms with Crippen LogP contribution in [0, 0.1) is 24.2 Å². The molecule has 1 saturated heterocycles. The first-order chi connectivity index (χ1) is 9.58.